The maximum Gasteiger partial charge on any atom is 0.309 e. The largest absolute Gasteiger partial charge is 0.469 e. The van der Waals surface area contributed by atoms with Crippen molar-refractivity contribution in [3.05, 3.63) is 35.4 Å². The van der Waals surface area contributed by atoms with E-state index in [4.69, 9.17) is 0 Å². The summed E-state index contributed by atoms with van der Waals surface area (Å²) in [7, 11) is 3.11. The molecule has 0 spiro atoms. The van der Waals surface area contributed by atoms with E-state index >= 15 is 0 Å². The Morgan fingerprint density at radius 2 is 1.89 bits per heavy atom. The molecule has 5 heteroatoms. The molecular formula is C13H17F2NO2. The fourth-order valence-electron chi connectivity index (χ4n) is 1.82. The molecule has 1 rings (SSSR count). The highest BCUT2D eigenvalue weighted by molar-refractivity contribution is 5.72. The van der Waals surface area contributed by atoms with Gasteiger partial charge in [-0.15, -0.1) is 0 Å². The molecule has 18 heavy (non-hydrogen) atoms. The number of hydrogen-bond donors (Lipinski definition) is 0. The molecule has 100 valence electrons. The van der Waals surface area contributed by atoms with Gasteiger partial charge in [-0.05, 0) is 24.7 Å². The number of hydrogen-bond acceptors (Lipinski definition) is 3. The zero-order valence-electron chi connectivity index (χ0n) is 10.7. The Morgan fingerprint density at radius 3 is 2.39 bits per heavy atom. The molecule has 0 bridgehead atoms. The fraction of sp³-hybridized carbons (Fsp3) is 0.462. The van der Waals surface area contributed by atoms with Gasteiger partial charge in [0.05, 0.1) is 13.0 Å². The lowest BCUT2D eigenvalue weighted by Crippen LogP contribution is -2.29. The second kappa shape index (κ2) is 6.44. The number of carbonyl (C=O) groups is 1. The van der Waals surface area contributed by atoms with E-state index in [0.717, 1.165) is 6.07 Å². The van der Waals surface area contributed by atoms with Crippen LogP contribution in [0.2, 0.25) is 0 Å². The minimum absolute atomic E-state index is 0.279. The molecule has 0 aliphatic heterocycles. The van der Waals surface area contributed by atoms with Crippen LogP contribution in [0.5, 0.6) is 0 Å². The lowest BCUT2D eigenvalue weighted by Gasteiger charge is -2.20. The summed E-state index contributed by atoms with van der Waals surface area (Å²) in [6.45, 7) is 2.58. The minimum atomic E-state index is -0.598. The third-order valence-electron chi connectivity index (χ3n) is 2.56. The first-order valence-electron chi connectivity index (χ1n) is 5.63. The lowest BCUT2D eigenvalue weighted by atomic mass is 10.1. The van der Waals surface area contributed by atoms with Gasteiger partial charge in [0.15, 0.2) is 0 Å². The van der Waals surface area contributed by atoms with Crippen LogP contribution in [-0.4, -0.2) is 31.6 Å². The average molecular weight is 257 g/mol. The molecule has 0 heterocycles. The monoisotopic (exact) mass is 257 g/mol. The number of methoxy groups -OCH3 is 1. The first kappa shape index (κ1) is 14.6. The second-order valence-electron chi connectivity index (χ2n) is 4.40. The van der Waals surface area contributed by atoms with Gasteiger partial charge in [-0.25, -0.2) is 8.78 Å². The normalized spacial score (nSPS) is 12.6. The SMILES string of the molecule is COC(=O)C(C)CN(C)Cc1cc(F)cc(F)c1. The van der Waals surface area contributed by atoms with Crippen molar-refractivity contribution in [2.75, 3.05) is 20.7 Å². The van der Waals surface area contributed by atoms with Gasteiger partial charge in [0.1, 0.15) is 11.6 Å². The molecular weight excluding hydrogens is 240 g/mol. The molecule has 1 unspecified atom stereocenters. The van der Waals surface area contributed by atoms with E-state index in [1.54, 1.807) is 14.0 Å². The minimum Gasteiger partial charge on any atom is -0.469 e. The van der Waals surface area contributed by atoms with E-state index in [0.29, 0.717) is 18.7 Å². The Hall–Kier alpha value is -1.49. The summed E-state index contributed by atoms with van der Waals surface area (Å²) in [6.07, 6.45) is 0. The van der Waals surface area contributed by atoms with E-state index < -0.39 is 11.6 Å². The lowest BCUT2D eigenvalue weighted by molar-refractivity contribution is -0.145. The highest BCUT2D eigenvalue weighted by Gasteiger charge is 2.15. The molecule has 0 fully saturated rings. The van der Waals surface area contributed by atoms with E-state index in [1.165, 1.54) is 19.2 Å². The van der Waals surface area contributed by atoms with Gasteiger partial charge in [0, 0.05) is 19.2 Å². The molecule has 0 amide bonds. The van der Waals surface area contributed by atoms with Crippen LogP contribution in [0.1, 0.15) is 12.5 Å². The molecule has 1 aromatic rings. The third kappa shape index (κ3) is 4.41. The second-order valence-corrected chi connectivity index (χ2v) is 4.40. The van der Waals surface area contributed by atoms with Crippen LogP contribution in [0.4, 0.5) is 8.78 Å². The highest BCUT2D eigenvalue weighted by Crippen LogP contribution is 2.11. The van der Waals surface area contributed by atoms with Crippen LogP contribution in [0, 0.1) is 17.6 Å². The summed E-state index contributed by atoms with van der Waals surface area (Å²) in [5.74, 6) is -1.77. The summed E-state index contributed by atoms with van der Waals surface area (Å²) < 4.78 is 30.6. The zero-order chi connectivity index (χ0) is 13.7. The van der Waals surface area contributed by atoms with Crippen molar-refractivity contribution >= 4 is 5.97 Å². The van der Waals surface area contributed by atoms with Gasteiger partial charge < -0.3 is 9.64 Å². The molecule has 0 N–H and O–H groups in total. The Bertz CT molecular complexity index is 403. The first-order chi connectivity index (χ1) is 8.42. The van der Waals surface area contributed by atoms with Crippen LogP contribution in [0.15, 0.2) is 18.2 Å². The summed E-state index contributed by atoms with van der Waals surface area (Å²) in [5.41, 5.74) is 0.534. The maximum absolute atomic E-state index is 13.0. The molecule has 0 saturated carbocycles. The Labute approximate surface area is 105 Å². The standard InChI is InChI=1S/C13H17F2NO2/c1-9(13(17)18-3)7-16(2)8-10-4-11(14)6-12(15)5-10/h4-6,9H,7-8H2,1-3H3. The molecule has 3 nitrogen and oxygen atoms in total. The van der Waals surface area contributed by atoms with Crippen LogP contribution in [0.3, 0.4) is 0 Å². The zero-order valence-corrected chi connectivity index (χ0v) is 10.7. The van der Waals surface area contributed by atoms with Gasteiger partial charge >= 0.3 is 5.97 Å². The van der Waals surface area contributed by atoms with E-state index in [9.17, 15) is 13.6 Å². The van der Waals surface area contributed by atoms with Crippen molar-refractivity contribution in [2.45, 2.75) is 13.5 Å². The van der Waals surface area contributed by atoms with Crippen molar-refractivity contribution in [3.8, 4) is 0 Å². The Morgan fingerprint density at radius 1 is 1.33 bits per heavy atom. The van der Waals surface area contributed by atoms with Crippen LogP contribution in [0.25, 0.3) is 0 Å². The maximum atomic E-state index is 13.0. The molecule has 1 atom stereocenters. The quantitative estimate of drug-likeness (QED) is 0.757. The number of halogens is 2. The average Bonchev–Trinajstić information content (AvgIpc) is 2.25. The smallest absolute Gasteiger partial charge is 0.309 e. The Kier molecular flexibility index (Phi) is 5.22. The van der Waals surface area contributed by atoms with Crippen LogP contribution in [-0.2, 0) is 16.1 Å². The molecule has 0 radical (unpaired) electrons. The van der Waals surface area contributed by atoms with E-state index in [2.05, 4.69) is 4.74 Å². The van der Waals surface area contributed by atoms with E-state index in [1.807, 2.05) is 4.90 Å². The number of rotatable bonds is 5. The van der Waals surface area contributed by atoms with Gasteiger partial charge in [-0.3, -0.25) is 4.79 Å². The molecule has 0 aromatic heterocycles. The predicted molar refractivity (Wildman–Crippen MR) is 63.9 cm³/mol. The molecule has 1 aromatic carbocycles. The summed E-state index contributed by atoms with van der Waals surface area (Å²) in [6, 6.07) is 3.39. The summed E-state index contributed by atoms with van der Waals surface area (Å²) in [4.78, 5) is 13.1. The topological polar surface area (TPSA) is 29.5 Å². The number of nitrogens with zero attached hydrogens (tertiary/aromatic N) is 1. The summed E-state index contributed by atoms with van der Waals surface area (Å²) >= 11 is 0. The van der Waals surface area contributed by atoms with Crippen LogP contribution < -0.4 is 0 Å². The van der Waals surface area contributed by atoms with E-state index in [-0.39, 0.29) is 11.9 Å². The number of ether oxygens (including phenoxy) is 1. The van der Waals surface area contributed by atoms with Gasteiger partial charge in [0.2, 0.25) is 0 Å². The van der Waals surface area contributed by atoms with Gasteiger partial charge in [0.25, 0.3) is 0 Å². The van der Waals surface area contributed by atoms with Gasteiger partial charge in [-0.2, -0.15) is 0 Å². The van der Waals surface area contributed by atoms with Crippen molar-refractivity contribution < 1.29 is 18.3 Å². The third-order valence-corrected chi connectivity index (χ3v) is 2.56. The van der Waals surface area contributed by atoms with Crippen molar-refractivity contribution in [1.29, 1.82) is 0 Å². The van der Waals surface area contributed by atoms with Crippen molar-refractivity contribution in [1.82, 2.24) is 4.90 Å². The fourth-order valence-corrected chi connectivity index (χ4v) is 1.82. The summed E-state index contributed by atoms with van der Waals surface area (Å²) in [5, 5.41) is 0. The van der Waals surface area contributed by atoms with Crippen LogP contribution >= 0.6 is 0 Å². The number of carbonyl (C=O) groups excluding carboxylic acids is 1. The predicted octanol–water partition coefficient (Wildman–Crippen LogP) is 2.21. The first-order valence-corrected chi connectivity index (χ1v) is 5.63. The number of esters is 1. The molecule has 0 aliphatic rings. The molecule has 0 saturated heterocycles. The highest BCUT2D eigenvalue weighted by atomic mass is 19.1. The van der Waals surface area contributed by atoms with Crippen molar-refractivity contribution in [3.63, 3.8) is 0 Å². The Balaban J connectivity index is 2.59. The van der Waals surface area contributed by atoms with Crippen molar-refractivity contribution in [2.24, 2.45) is 5.92 Å². The number of benzene rings is 1. The van der Waals surface area contributed by atoms with Gasteiger partial charge in [-0.1, -0.05) is 6.92 Å². The molecule has 0 aliphatic carbocycles.